The second-order valence-corrected chi connectivity index (χ2v) is 10.5. The molecule has 0 fully saturated rings. The summed E-state index contributed by atoms with van der Waals surface area (Å²) in [6, 6.07) is 22.8. The Kier molecular flexibility index (Phi) is 7.37. The van der Waals surface area contributed by atoms with E-state index in [1.54, 1.807) is 6.07 Å². The number of furan rings is 2. The summed E-state index contributed by atoms with van der Waals surface area (Å²) in [5, 5.41) is 3.82. The Hall–Kier alpha value is -2.81. The molecule has 0 unspecified atom stereocenters. The van der Waals surface area contributed by atoms with Gasteiger partial charge in [0.05, 0.1) is 5.33 Å². The third-order valence-corrected chi connectivity index (χ3v) is 7.03. The normalized spacial score (nSPS) is 11.1. The van der Waals surface area contributed by atoms with Gasteiger partial charge in [-0.05, 0) is 73.2 Å². The molecule has 0 spiro atoms. The number of benzene rings is 3. The topological polar surface area (TPSA) is 65.7 Å². The maximum Gasteiger partial charge on any atom is 0.336 e. The van der Waals surface area contributed by atoms with Crippen LogP contribution >= 0.6 is 47.8 Å². The molecular weight excluding hydrogens is 656 g/mol. The highest BCUT2D eigenvalue weighted by Gasteiger charge is 2.08. The summed E-state index contributed by atoms with van der Waals surface area (Å²) in [5.41, 5.74) is 2.80. The number of rotatable bonds is 4. The van der Waals surface area contributed by atoms with Crippen LogP contribution in [-0.4, -0.2) is 0 Å². The van der Waals surface area contributed by atoms with Crippen LogP contribution in [0, 0.1) is 6.92 Å². The van der Waals surface area contributed by atoms with Gasteiger partial charge in [0.1, 0.15) is 40.6 Å². The molecule has 0 amide bonds. The molecule has 0 saturated carbocycles. The molecule has 0 N–H and O–H groups in total. The molecule has 0 aliphatic rings. The van der Waals surface area contributed by atoms with Gasteiger partial charge in [-0.3, -0.25) is 0 Å². The highest BCUT2D eigenvalue weighted by molar-refractivity contribution is 9.10. The Bertz CT molecular complexity index is 1750. The molecule has 3 heterocycles. The molecule has 8 heteroatoms. The van der Waals surface area contributed by atoms with Gasteiger partial charge in [0.15, 0.2) is 0 Å². The second kappa shape index (κ2) is 10.7. The highest BCUT2D eigenvalue weighted by atomic mass is 79.9. The van der Waals surface area contributed by atoms with Crippen molar-refractivity contribution < 1.29 is 18.0 Å². The van der Waals surface area contributed by atoms with Crippen LogP contribution < -0.4 is 10.4 Å². The minimum Gasteiger partial charge on any atom is -0.486 e. The second-order valence-electron chi connectivity index (χ2n) is 8.12. The predicted octanol–water partition coefficient (Wildman–Crippen LogP) is 9.28. The Morgan fingerprint density at radius 1 is 0.722 bits per heavy atom. The van der Waals surface area contributed by atoms with Gasteiger partial charge in [-0.1, -0.05) is 47.8 Å². The molecule has 0 aliphatic heterocycles. The van der Waals surface area contributed by atoms with E-state index < -0.39 is 0 Å². The van der Waals surface area contributed by atoms with Gasteiger partial charge in [0.2, 0.25) is 0 Å². The standard InChI is InChI=1S/C19H13BrO4.C9H6Br2O/c1-11-6-19(21)24-18-9-14(3-4-16(11)18)22-10-15-8-12-7-13(20)2-5-17(12)23-15;10-5-8-4-6-3-7(11)1-2-9(6)12-8/h2-9H,10H2,1H3;1-4H,5H2. The van der Waals surface area contributed by atoms with E-state index in [0.717, 1.165) is 58.7 Å². The van der Waals surface area contributed by atoms with Crippen LogP contribution in [0.3, 0.4) is 0 Å². The maximum absolute atomic E-state index is 11.5. The number of hydrogen-bond donors (Lipinski definition) is 0. The zero-order valence-corrected chi connectivity index (χ0v) is 23.8. The van der Waals surface area contributed by atoms with Gasteiger partial charge >= 0.3 is 5.63 Å². The van der Waals surface area contributed by atoms with Crippen LogP contribution in [0.1, 0.15) is 17.1 Å². The lowest BCUT2D eigenvalue weighted by Crippen LogP contribution is -1.98. The Morgan fingerprint density at radius 2 is 1.36 bits per heavy atom. The molecule has 3 aromatic heterocycles. The number of hydrogen-bond acceptors (Lipinski definition) is 5. The maximum atomic E-state index is 11.5. The van der Waals surface area contributed by atoms with E-state index in [4.69, 9.17) is 18.0 Å². The Labute approximate surface area is 231 Å². The molecule has 0 radical (unpaired) electrons. The highest BCUT2D eigenvalue weighted by Crippen LogP contribution is 2.26. The lowest BCUT2D eigenvalue weighted by atomic mass is 10.1. The number of fused-ring (bicyclic) bond motifs is 3. The lowest BCUT2D eigenvalue weighted by Gasteiger charge is -2.06. The molecule has 182 valence electrons. The molecule has 0 aliphatic carbocycles. The van der Waals surface area contributed by atoms with Crippen molar-refractivity contribution in [2.24, 2.45) is 0 Å². The molecule has 6 aromatic rings. The van der Waals surface area contributed by atoms with E-state index in [0.29, 0.717) is 17.9 Å². The largest absolute Gasteiger partial charge is 0.486 e. The van der Waals surface area contributed by atoms with E-state index >= 15 is 0 Å². The average molecular weight is 675 g/mol. The van der Waals surface area contributed by atoms with Gasteiger partial charge in [-0.2, -0.15) is 0 Å². The zero-order chi connectivity index (χ0) is 25.2. The van der Waals surface area contributed by atoms with Gasteiger partial charge in [0.25, 0.3) is 0 Å². The Balaban J connectivity index is 0.000000186. The van der Waals surface area contributed by atoms with Gasteiger partial charge in [0, 0.05) is 37.2 Å². The molecule has 36 heavy (non-hydrogen) atoms. The fourth-order valence-electron chi connectivity index (χ4n) is 3.82. The van der Waals surface area contributed by atoms with Crippen LogP contribution in [0.15, 0.2) is 99.8 Å². The first kappa shape index (κ1) is 24.9. The first-order chi connectivity index (χ1) is 17.4. The van der Waals surface area contributed by atoms with Crippen molar-refractivity contribution in [2.75, 3.05) is 0 Å². The number of alkyl halides is 1. The third kappa shape index (κ3) is 5.61. The van der Waals surface area contributed by atoms with Crippen molar-refractivity contribution in [3.05, 3.63) is 109 Å². The van der Waals surface area contributed by atoms with Crippen molar-refractivity contribution >= 4 is 80.7 Å². The molecule has 6 rings (SSSR count). The first-order valence-corrected chi connectivity index (χ1v) is 13.7. The van der Waals surface area contributed by atoms with Crippen LogP contribution in [0.5, 0.6) is 5.75 Å². The quantitative estimate of drug-likeness (QED) is 0.138. The van der Waals surface area contributed by atoms with E-state index in [1.165, 1.54) is 6.07 Å². The van der Waals surface area contributed by atoms with Crippen LogP contribution in [0.25, 0.3) is 32.9 Å². The fourth-order valence-corrected chi connectivity index (χ4v) is 4.86. The van der Waals surface area contributed by atoms with Gasteiger partial charge < -0.3 is 18.0 Å². The summed E-state index contributed by atoms with van der Waals surface area (Å²) in [5.74, 6) is 2.31. The van der Waals surface area contributed by atoms with Crippen LogP contribution in [0.4, 0.5) is 0 Å². The minimum atomic E-state index is -0.361. The van der Waals surface area contributed by atoms with Crippen molar-refractivity contribution in [1.82, 2.24) is 0 Å². The smallest absolute Gasteiger partial charge is 0.336 e. The zero-order valence-electron chi connectivity index (χ0n) is 19.0. The van der Waals surface area contributed by atoms with Crippen molar-refractivity contribution in [2.45, 2.75) is 18.9 Å². The first-order valence-electron chi connectivity index (χ1n) is 11.0. The van der Waals surface area contributed by atoms with E-state index in [9.17, 15) is 4.79 Å². The van der Waals surface area contributed by atoms with E-state index in [1.807, 2.05) is 67.6 Å². The third-order valence-electron chi connectivity index (χ3n) is 5.49. The predicted molar refractivity (Wildman–Crippen MR) is 152 cm³/mol. The number of aryl methyl sites for hydroxylation is 1. The molecular formula is C28H19Br3O5. The number of ether oxygens (including phenoxy) is 1. The summed E-state index contributed by atoms with van der Waals surface area (Å²) >= 11 is 10.2. The average Bonchev–Trinajstić information content (AvgIpc) is 3.45. The summed E-state index contributed by atoms with van der Waals surface area (Å²) in [7, 11) is 0. The lowest BCUT2D eigenvalue weighted by molar-refractivity contribution is 0.274. The summed E-state index contributed by atoms with van der Waals surface area (Å²) < 4.78 is 24.3. The summed E-state index contributed by atoms with van der Waals surface area (Å²) in [4.78, 5) is 11.5. The molecule has 0 bridgehead atoms. The van der Waals surface area contributed by atoms with Crippen LogP contribution in [-0.2, 0) is 11.9 Å². The van der Waals surface area contributed by atoms with Crippen molar-refractivity contribution in [3.8, 4) is 5.75 Å². The number of halogens is 3. The SMILES string of the molecule is BrCc1cc2cc(Br)ccc2o1.Cc1cc(=O)oc2cc(OCc3cc4cc(Br)ccc4o3)ccc12. The minimum absolute atomic E-state index is 0.299. The van der Waals surface area contributed by atoms with Gasteiger partial charge in [-0.15, -0.1) is 0 Å². The van der Waals surface area contributed by atoms with E-state index in [-0.39, 0.29) is 5.63 Å². The molecule has 3 aromatic carbocycles. The molecule has 0 atom stereocenters. The van der Waals surface area contributed by atoms with Crippen molar-refractivity contribution in [1.29, 1.82) is 0 Å². The summed E-state index contributed by atoms with van der Waals surface area (Å²) in [6.07, 6.45) is 0. The Morgan fingerprint density at radius 3 is 2.03 bits per heavy atom. The fraction of sp³-hybridized carbons (Fsp3) is 0.107. The van der Waals surface area contributed by atoms with E-state index in [2.05, 4.69) is 47.8 Å². The van der Waals surface area contributed by atoms with Crippen LogP contribution in [0.2, 0.25) is 0 Å². The van der Waals surface area contributed by atoms with Crippen molar-refractivity contribution in [3.63, 3.8) is 0 Å². The van der Waals surface area contributed by atoms with Gasteiger partial charge in [-0.25, -0.2) is 4.79 Å². The molecule has 5 nitrogen and oxygen atoms in total. The monoisotopic (exact) mass is 672 g/mol. The summed E-state index contributed by atoms with van der Waals surface area (Å²) in [6.45, 7) is 2.18. The molecule has 0 saturated heterocycles.